The van der Waals surface area contributed by atoms with Crippen LogP contribution in [-0.4, -0.2) is 75.6 Å². The number of unbranched alkanes of at least 4 members (excludes halogenated alkanes) is 5. The second-order valence-corrected chi connectivity index (χ2v) is 12.6. The van der Waals surface area contributed by atoms with Crippen LogP contribution in [0.3, 0.4) is 0 Å². The smallest absolute Gasteiger partial charge is 0.264 e. The van der Waals surface area contributed by atoms with E-state index in [4.69, 9.17) is 33.2 Å². The van der Waals surface area contributed by atoms with Gasteiger partial charge in [0.15, 0.2) is 0 Å². The van der Waals surface area contributed by atoms with Crippen molar-refractivity contribution >= 4 is 5.78 Å². The summed E-state index contributed by atoms with van der Waals surface area (Å²) in [7, 11) is 0. The Kier molecular flexibility index (Phi) is 19.3. The molecule has 0 bridgehead atoms. The molecule has 5 atom stereocenters. The summed E-state index contributed by atoms with van der Waals surface area (Å²) in [5, 5.41) is 0. The van der Waals surface area contributed by atoms with Crippen LogP contribution < -0.4 is 4.74 Å². The molecule has 0 saturated carbocycles. The third-order valence-electron chi connectivity index (χ3n) is 8.52. The molecule has 48 heavy (non-hydrogen) atoms. The molecule has 8 heteroatoms. The summed E-state index contributed by atoms with van der Waals surface area (Å²) >= 11 is 0. The molecule has 2 aromatic rings. The molecule has 1 fully saturated rings. The fraction of sp³-hybridized carbons (Fsp3) is 0.675. The van der Waals surface area contributed by atoms with Crippen LogP contribution in [0.5, 0.6) is 5.75 Å². The quantitative estimate of drug-likeness (QED) is 0.0726. The Morgan fingerprint density at radius 3 is 1.85 bits per heavy atom. The lowest BCUT2D eigenvalue weighted by atomic mass is 9.86. The summed E-state index contributed by atoms with van der Waals surface area (Å²) in [6.45, 7) is 13.7. The zero-order valence-corrected chi connectivity index (χ0v) is 30.3. The number of ketones is 1. The van der Waals surface area contributed by atoms with Crippen molar-refractivity contribution in [1.29, 1.82) is 0 Å². The number of Topliss-reactive ketones (excluding diaryl/α,β-unsaturated/α-hetero) is 1. The Morgan fingerprint density at radius 2 is 1.23 bits per heavy atom. The molecule has 0 amide bonds. The monoisotopic (exact) mass is 670 g/mol. The van der Waals surface area contributed by atoms with E-state index in [0.29, 0.717) is 44.3 Å². The number of hydrogen-bond acceptors (Lipinski definition) is 8. The Labute approximate surface area is 290 Å². The summed E-state index contributed by atoms with van der Waals surface area (Å²) in [5.74, 6) is -1.43. The molecule has 1 heterocycles. The zero-order valence-electron chi connectivity index (χ0n) is 30.3. The summed E-state index contributed by atoms with van der Waals surface area (Å²) in [6, 6.07) is 17.1. The third-order valence-corrected chi connectivity index (χ3v) is 8.52. The van der Waals surface area contributed by atoms with E-state index in [1.165, 1.54) is 0 Å². The van der Waals surface area contributed by atoms with Gasteiger partial charge < -0.3 is 33.2 Å². The number of benzene rings is 2. The molecule has 0 radical (unpaired) electrons. The van der Waals surface area contributed by atoms with E-state index in [-0.39, 0.29) is 19.0 Å². The van der Waals surface area contributed by atoms with E-state index in [0.717, 1.165) is 69.8 Å². The van der Waals surface area contributed by atoms with Crippen molar-refractivity contribution in [1.82, 2.24) is 0 Å². The molecule has 1 saturated heterocycles. The van der Waals surface area contributed by atoms with Crippen molar-refractivity contribution in [3.63, 3.8) is 0 Å². The van der Waals surface area contributed by atoms with Crippen LogP contribution in [0.25, 0.3) is 0 Å². The first kappa shape index (κ1) is 40.1. The van der Waals surface area contributed by atoms with Gasteiger partial charge in [-0.1, -0.05) is 97.1 Å². The SMILES string of the molecule is CCCCOC[C@H]1O[C@@](OCc2ccccc2)(C(=O)c2ccc(OCCCC)cc2)[C@H](OCCCC)[C@@H](OCCCC)[C@@H]1OCCCC. The zero-order chi connectivity index (χ0) is 34.5. The summed E-state index contributed by atoms with van der Waals surface area (Å²) in [4.78, 5) is 15.0. The number of carbonyl (C=O) groups is 1. The molecule has 0 unspecified atom stereocenters. The van der Waals surface area contributed by atoms with Gasteiger partial charge >= 0.3 is 0 Å². The van der Waals surface area contributed by atoms with Gasteiger partial charge in [0.1, 0.15) is 30.2 Å². The number of carbonyl (C=O) groups excluding carboxylic acids is 1. The lowest BCUT2D eigenvalue weighted by Gasteiger charge is -2.51. The van der Waals surface area contributed by atoms with E-state index < -0.39 is 30.2 Å². The fourth-order valence-corrected chi connectivity index (χ4v) is 5.57. The van der Waals surface area contributed by atoms with Crippen LogP contribution in [0, 0.1) is 0 Å². The van der Waals surface area contributed by atoms with E-state index in [9.17, 15) is 0 Å². The van der Waals surface area contributed by atoms with Crippen LogP contribution in [0.15, 0.2) is 54.6 Å². The predicted molar refractivity (Wildman–Crippen MR) is 190 cm³/mol. The van der Waals surface area contributed by atoms with E-state index in [2.05, 4.69) is 34.6 Å². The Hall–Kier alpha value is -2.33. The van der Waals surface area contributed by atoms with Gasteiger partial charge in [-0.15, -0.1) is 0 Å². The maximum atomic E-state index is 15.0. The molecule has 0 aliphatic carbocycles. The second kappa shape index (κ2) is 23.1. The molecule has 3 rings (SSSR count). The second-order valence-electron chi connectivity index (χ2n) is 12.6. The van der Waals surface area contributed by atoms with E-state index in [1.807, 2.05) is 42.5 Å². The first-order valence-electron chi connectivity index (χ1n) is 18.6. The van der Waals surface area contributed by atoms with Crippen molar-refractivity contribution in [2.24, 2.45) is 0 Å². The summed E-state index contributed by atoms with van der Waals surface area (Å²) < 4.78 is 45.8. The highest BCUT2D eigenvalue weighted by Gasteiger charge is 2.62. The first-order valence-corrected chi connectivity index (χ1v) is 18.6. The van der Waals surface area contributed by atoms with Crippen molar-refractivity contribution in [2.75, 3.05) is 39.6 Å². The van der Waals surface area contributed by atoms with Gasteiger partial charge in [-0.05, 0) is 61.9 Å². The number of ether oxygens (including phenoxy) is 7. The number of hydrogen-bond donors (Lipinski definition) is 0. The third kappa shape index (κ3) is 12.2. The van der Waals surface area contributed by atoms with Crippen LogP contribution in [0.1, 0.15) is 115 Å². The Balaban J connectivity index is 2.13. The molecule has 1 aliphatic rings. The molecule has 0 spiro atoms. The standard InChI is InChI=1S/C40H62O8/c1-6-11-25-42-31-35-36(44-27-13-8-3)37(45-28-14-9-4)39(46-29-15-10-5)40(48-35,47-30-32-19-17-16-18-20-32)38(41)33-21-23-34(24-22-33)43-26-12-7-2/h16-24,35-37,39H,6-15,25-31H2,1-5H3/t35-,36-,37+,39-,40+/m1/s1. The largest absolute Gasteiger partial charge is 0.494 e. The molecular weight excluding hydrogens is 608 g/mol. The highest BCUT2D eigenvalue weighted by molar-refractivity contribution is 6.02. The molecule has 8 nitrogen and oxygen atoms in total. The first-order chi connectivity index (χ1) is 23.5. The number of rotatable bonds is 26. The molecule has 0 N–H and O–H groups in total. The van der Waals surface area contributed by atoms with Gasteiger partial charge in [-0.25, -0.2) is 0 Å². The Bertz CT molecular complexity index is 1110. The molecule has 270 valence electrons. The van der Waals surface area contributed by atoms with Crippen molar-refractivity contribution in [3.8, 4) is 5.75 Å². The van der Waals surface area contributed by atoms with Crippen molar-refractivity contribution in [2.45, 2.75) is 136 Å². The van der Waals surface area contributed by atoms with Crippen LogP contribution >= 0.6 is 0 Å². The van der Waals surface area contributed by atoms with Gasteiger partial charge in [0.05, 0.1) is 19.8 Å². The van der Waals surface area contributed by atoms with E-state index >= 15 is 4.79 Å². The predicted octanol–water partition coefficient (Wildman–Crippen LogP) is 8.73. The molecule has 2 aromatic carbocycles. The Morgan fingerprint density at radius 1 is 0.667 bits per heavy atom. The summed E-state index contributed by atoms with van der Waals surface area (Å²) in [6.07, 6.45) is 6.74. The van der Waals surface area contributed by atoms with E-state index in [1.54, 1.807) is 12.1 Å². The minimum atomic E-state index is -1.82. The normalized spacial score (nSPS) is 22.5. The van der Waals surface area contributed by atoms with Crippen molar-refractivity contribution < 1.29 is 38.0 Å². The highest BCUT2D eigenvalue weighted by atomic mass is 16.7. The van der Waals surface area contributed by atoms with Crippen LogP contribution in [-0.2, 0) is 35.0 Å². The van der Waals surface area contributed by atoms with Crippen LogP contribution in [0.4, 0.5) is 0 Å². The van der Waals surface area contributed by atoms with Gasteiger partial charge in [0.2, 0.25) is 5.78 Å². The average Bonchev–Trinajstić information content (AvgIpc) is 3.11. The van der Waals surface area contributed by atoms with Gasteiger partial charge in [-0.3, -0.25) is 4.79 Å². The molecular formula is C40H62O8. The lowest BCUT2D eigenvalue weighted by molar-refractivity contribution is -0.358. The topological polar surface area (TPSA) is 81.7 Å². The molecule has 1 aliphatic heterocycles. The summed E-state index contributed by atoms with van der Waals surface area (Å²) in [5.41, 5.74) is 1.36. The van der Waals surface area contributed by atoms with Crippen molar-refractivity contribution in [3.05, 3.63) is 65.7 Å². The fourth-order valence-electron chi connectivity index (χ4n) is 5.57. The van der Waals surface area contributed by atoms with Crippen LogP contribution in [0.2, 0.25) is 0 Å². The van der Waals surface area contributed by atoms with Gasteiger partial charge in [0.25, 0.3) is 5.79 Å². The maximum absolute atomic E-state index is 15.0. The minimum absolute atomic E-state index is 0.144. The highest BCUT2D eigenvalue weighted by Crippen LogP contribution is 2.40. The average molecular weight is 671 g/mol. The van der Waals surface area contributed by atoms with Gasteiger partial charge in [-0.2, -0.15) is 0 Å². The minimum Gasteiger partial charge on any atom is -0.494 e. The molecule has 0 aromatic heterocycles. The maximum Gasteiger partial charge on any atom is 0.264 e. The lowest BCUT2D eigenvalue weighted by Crippen LogP contribution is -2.71. The van der Waals surface area contributed by atoms with Gasteiger partial charge in [0, 0.05) is 32.0 Å².